The average Bonchev–Trinajstić information content (AvgIpc) is 3.16. The third kappa shape index (κ3) is 4.53. The summed E-state index contributed by atoms with van der Waals surface area (Å²) in [4.78, 5) is 12.3. The first-order valence-electron chi connectivity index (χ1n) is 8.11. The summed E-state index contributed by atoms with van der Waals surface area (Å²) < 4.78 is 15.6. The van der Waals surface area contributed by atoms with Gasteiger partial charge in [-0.3, -0.25) is 4.79 Å². The van der Waals surface area contributed by atoms with Crippen molar-refractivity contribution < 1.29 is 19.0 Å². The number of rotatable bonds is 7. The predicted octanol–water partition coefficient (Wildman–Crippen LogP) is 3.41. The molecule has 1 amide bonds. The summed E-state index contributed by atoms with van der Waals surface area (Å²) in [5, 5.41) is 12.1. The summed E-state index contributed by atoms with van der Waals surface area (Å²) in [5.41, 5.74) is 1.72. The Morgan fingerprint density at radius 3 is 2.37 bits per heavy atom. The molecule has 140 valence electrons. The molecule has 0 fully saturated rings. The first-order chi connectivity index (χ1) is 13.1. The van der Waals surface area contributed by atoms with Gasteiger partial charge in [0.1, 0.15) is 10.8 Å². The lowest BCUT2D eigenvalue weighted by Crippen LogP contribution is -2.14. The quantitative estimate of drug-likeness (QED) is 0.671. The molecular formula is C19H19N3O4S. The maximum atomic E-state index is 12.3. The number of nitrogens with one attached hydrogen (secondary N) is 1. The van der Waals surface area contributed by atoms with Crippen LogP contribution in [0.5, 0.6) is 17.2 Å². The van der Waals surface area contributed by atoms with E-state index in [-0.39, 0.29) is 12.3 Å². The van der Waals surface area contributed by atoms with Crippen molar-refractivity contribution in [1.82, 2.24) is 10.2 Å². The van der Waals surface area contributed by atoms with Gasteiger partial charge in [-0.15, -0.1) is 10.2 Å². The van der Waals surface area contributed by atoms with Crippen molar-refractivity contribution in [2.24, 2.45) is 0 Å². The molecule has 27 heavy (non-hydrogen) atoms. The van der Waals surface area contributed by atoms with E-state index in [9.17, 15) is 4.79 Å². The van der Waals surface area contributed by atoms with Gasteiger partial charge in [0.15, 0.2) is 11.5 Å². The fourth-order valence-electron chi connectivity index (χ4n) is 2.46. The fraction of sp³-hybridized carbons (Fsp3) is 0.211. The number of anilines is 1. The molecule has 0 radical (unpaired) electrons. The first-order valence-corrected chi connectivity index (χ1v) is 8.93. The van der Waals surface area contributed by atoms with Crippen LogP contribution in [0.4, 0.5) is 5.13 Å². The number of benzene rings is 2. The average molecular weight is 385 g/mol. The van der Waals surface area contributed by atoms with Gasteiger partial charge < -0.3 is 19.5 Å². The highest BCUT2D eigenvalue weighted by molar-refractivity contribution is 7.18. The minimum atomic E-state index is -0.181. The van der Waals surface area contributed by atoms with Crippen molar-refractivity contribution in [3.63, 3.8) is 0 Å². The van der Waals surface area contributed by atoms with Crippen LogP contribution in [0.15, 0.2) is 42.5 Å². The molecule has 0 atom stereocenters. The molecule has 0 aliphatic rings. The summed E-state index contributed by atoms with van der Waals surface area (Å²) in [6, 6.07) is 12.9. The Kier molecular flexibility index (Phi) is 5.87. The number of methoxy groups -OCH3 is 3. The summed E-state index contributed by atoms with van der Waals surface area (Å²) >= 11 is 1.31. The SMILES string of the molecule is COc1ccc(-c2nnc(NC(=O)Cc3ccc(OC)c(OC)c3)s2)cc1. The van der Waals surface area contributed by atoms with Gasteiger partial charge in [0.25, 0.3) is 0 Å². The molecule has 8 heteroatoms. The lowest BCUT2D eigenvalue weighted by molar-refractivity contribution is -0.115. The Morgan fingerprint density at radius 1 is 0.963 bits per heavy atom. The van der Waals surface area contributed by atoms with E-state index in [0.717, 1.165) is 21.9 Å². The maximum Gasteiger partial charge on any atom is 0.230 e. The summed E-state index contributed by atoms with van der Waals surface area (Å²) in [6.07, 6.45) is 0.192. The van der Waals surface area contributed by atoms with Crippen LogP contribution in [-0.2, 0) is 11.2 Å². The zero-order chi connectivity index (χ0) is 19.2. The second-order valence-electron chi connectivity index (χ2n) is 5.56. The van der Waals surface area contributed by atoms with Gasteiger partial charge in [0.2, 0.25) is 11.0 Å². The molecule has 0 spiro atoms. The Hall–Kier alpha value is -3.13. The van der Waals surface area contributed by atoms with E-state index >= 15 is 0 Å². The Bertz CT molecular complexity index is 925. The van der Waals surface area contributed by atoms with Crippen LogP contribution < -0.4 is 19.5 Å². The number of carbonyl (C=O) groups excluding carboxylic acids is 1. The van der Waals surface area contributed by atoms with Crippen LogP contribution in [0, 0.1) is 0 Å². The molecule has 0 bridgehead atoms. The van der Waals surface area contributed by atoms with Gasteiger partial charge in [-0.05, 0) is 42.0 Å². The largest absolute Gasteiger partial charge is 0.497 e. The van der Waals surface area contributed by atoms with Gasteiger partial charge in [-0.1, -0.05) is 17.4 Å². The second kappa shape index (κ2) is 8.50. The fourth-order valence-corrected chi connectivity index (χ4v) is 3.23. The van der Waals surface area contributed by atoms with E-state index in [0.29, 0.717) is 16.6 Å². The Labute approximate surface area is 160 Å². The molecule has 0 aliphatic heterocycles. The zero-order valence-electron chi connectivity index (χ0n) is 15.2. The van der Waals surface area contributed by atoms with Crippen molar-refractivity contribution in [2.75, 3.05) is 26.6 Å². The monoisotopic (exact) mass is 385 g/mol. The van der Waals surface area contributed by atoms with Gasteiger partial charge in [-0.25, -0.2) is 0 Å². The van der Waals surface area contributed by atoms with E-state index in [1.165, 1.54) is 11.3 Å². The number of carbonyl (C=O) groups is 1. The number of hydrogen-bond donors (Lipinski definition) is 1. The van der Waals surface area contributed by atoms with Crippen molar-refractivity contribution >= 4 is 22.4 Å². The molecule has 2 aromatic carbocycles. The second-order valence-corrected chi connectivity index (χ2v) is 6.53. The predicted molar refractivity (Wildman–Crippen MR) is 104 cm³/mol. The lowest BCUT2D eigenvalue weighted by atomic mass is 10.1. The molecule has 1 N–H and O–H groups in total. The molecule has 0 unspecified atom stereocenters. The van der Waals surface area contributed by atoms with Crippen LogP contribution in [0.2, 0.25) is 0 Å². The van der Waals surface area contributed by atoms with Gasteiger partial charge >= 0.3 is 0 Å². The topological polar surface area (TPSA) is 82.6 Å². The standard InChI is InChI=1S/C19H19N3O4S/c1-24-14-7-5-13(6-8-14)18-21-22-19(27-18)20-17(23)11-12-4-9-15(25-2)16(10-12)26-3/h4-10H,11H2,1-3H3,(H,20,22,23). The van der Waals surface area contributed by atoms with E-state index < -0.39 is 0 Å². The third-order valence-electron chi connectivity index (χ3n) is 3.82. The van der Waals surface area contributed by atoms with Crippen LogP contribution >= 0.6 is 11.3 Å². The number of hydrogen-bond acceptors (Lipinski definition) is 7. The Morgan fingerprint density at radius 2 is 1.70 bits per heavy atom. The molecule has 3 rings (SSSR count). The van der Waals surface area contributed by atoms with Crippen LogP contribution in [-0.4, -0.2) is 37.4 Å². The number of nitrogens with zero attached hydrogens (tertiary/aromatic N) is 2. The molecule has 1 aromatic heterocycles. The number of ether oxygens (including phenoxy) is 3. The van der Waals surface area contributed by atoms with E-state index in [1.807, 2.05) is 30.3 Å². The van der Waals surface area contributed by atoms with Crippen molar-refractivity contribution in [1.29, 1.82) is 0 Å². The first kappa shape index (κ1) is 18.7. The van der Waals surface area contributed by atoms with Crippen molar-refractivity contribution in [3.05, 3.63) is 48.0 Å². The van der Waals surface area contributed by atoms with Crippen LogP contribution in [0.3, 0.4) is 0 Å². The molecule has 0 aliphatic carbocycles. The van der Waals surface area contributed by atoms with E-state index in [1.54, 1.807) is 33.5 Å². The van der Waals surface area contributed by atoms with Gasteiger partial charge in [-0.2, -0.15) is 0 Å². The van der Waals surface area contributed by atoms with Crippen molar-refractivity contribution in [2.45, 2.75) is 6.42 Å². The van der Waals surface area contributed by atoms with Gasteiger partial charge in [0.05, 0.1) is 27.8 Å². The van der Waals surface area contributed by atoms with E-state index in [2.05, 4.69) is 15.5 Å². The normalized spacial score (nSPS) is 10.3. The van der Waals surface area contributed by atoms with Crippen LogP contribution in [0.25, 0.3) is 10.6 Å². The highest BCUT2D eigenvalue weighted by atomic mass is 32.1. The minimum Gasteiger partial charge on any atom is -0.497 e. The molecule has 1 heterocycles. The minimum absolute atomic E-state index is 0.181. The van der Waals surface area contributed by atoms with E-state index in [4.69, 9.17) is 14.2 Å². The van der Waals surface area contributed by atoms with Crippen molar-refractivity contribution in [3.8, 4) is 27.8 Å². The molecule has 0 saturated carbocycles. The highest BCUT2D eigenvalue weighted by Gasteiger charge is 2.12. The smallest absolute Gasteiger partial charge is 0.230 e. The number of amides is 1. The summed E-state index contributed by atoms with van der Waals surface area (Å²) in [6.45, 7) is 0. The molecule has 3 aromatic rings. The third-order valence-corrected chi connectivity index (χ3v) is 4.71. The lowest BCUT2D eigenvalue weighted by Gasteiger charge is -2.09. The molecular weight excluding hydrogens is 366 g/mol. The summed E-state index contributed by atoms with van der Waals surface area (Å²) in [5.74, 6) is 1.79. The zero-order valence-corrected chi connectivity index (χ0v) is 16.0. The number of aromatic nitrogens is 2. The summed E-state index contributed by atoms with van der Waals surface area (Å²) in [7, 11) is 4.75. The molecule has 0 saturated heterocycles. The molecule has 7 nitrogen and oxygen atoms in total. The highest BCUT2D eigenvalue weighted by Crippen LogP contribution is 2.29. The van der Waals surface area contributed by atoms with Crippen LogP contribution in [0.1, 0.15) is 5.56 Å². The van der Waals surface area contributed by atoms with Gasteiger partial charge in [0, 0.05) is 5.56 Å². The maximum absolute atomic E-state index is 12.3. The Balaban J connectivity index is 1.65.